The van der Waals surface area contributed by atoms with E-state index in [0.29, 0.717) is 35.8 Å². The van der Waals surface area contributed by atoms with E-state index in [0.717, 1.165) is 18.5 Å². The fraction of sp³-hybridized carbons (Fsp3) is 0.182. The Morgan fingerprint density at radius 1 is 0.961 bits per heavy atom. The van der Waals surface area contributed by atoms with Crippen molar-refractivity contribution in [2.75, 3.05) is 30.3 Å². The van der Waals surface area contributed by atoms with E-state index in [2.05, 4.69) is 20.0 Å². The van der Waals surface area contributed by atoms with Crippen LogP contribution in [0.5, 0.6) is 0 Å². The molecule has 1 fully saturated rings. The second-order valence-corrected chi connectivity index (χ2v) is 15.9. The number of anilines is 3. The fourth-order valence-corrected chi connectivity index (χ4v) is 9.76. The van der Waals surface area contributed by atoms with E-state index in [-0.39, 0.29) is 44.7 Å². The van der Waals surface area contributed by atoms with Gasteiger partial charge in [-0.05, 0) is 55.3 Å². The molecule has 3 aromatic carbocycles. The lowest BCUT2D eigenvalue weighted by molar-refractivity contribution is 0.149. The maximum absolute atomic E-state index is 15.9. The summed E-state index contributed by atoms with van der Waals surface area (Å²) in [7, 11) is -6.86. The number of hydrogen-bond acceptors (Lipinski definition) is 9. The first kappa shape index (κ1) is 35.0. The van der Waals surface area contributed by atoms with Gasteiger partial charge < -0.3 is 10.1 Å². The average Bonchev–Trinajstić information content (AvgIpc) is 3.75. The summed E-state index contributed by atoms with van der Waals surface area (Å²) in [5.41, 5.74) is -0.370. The van der Waals surface area contributed by atoms with E-state index in [1.807, 2.05) is 0 Å². The summed E-state index contributed by atoms with van der Waals surface area (Å²) in [4.78, 5) is 12.8. The van der Waals surface area contributed by atoms with Gasteiger partial charge in [-0.15, -0.1) is 0 Å². The zero-order valence-electron chi connectivity index (χ0n) is 26.5. The van der Waals surface area contributed by atoms with Crippen molar-refractivity contribution in [3.05, 3.63) is 101 Å². The lowest BCUT2D eigenvalue weighted by Crippen LogP contribution is -2.38. The minimum Gasteiger partial charge on any atom is -0.383 e. The zero-order chi connectivity index (χ0) is 36.1. The van der Waals surface area contributed by atoms with Gasteiger partial charge in [0.2, 0.25) is 10.0 Å². The lowest BCUT2D eigenvalue weighted by Gasteiger charge is -2.23. The molecule has 18 heteroatoms. The third kappa shape index (κ3) is 6.36. The number of benzene rings is 3. The van der Waals surface area contributed by atoms with E-state index >= 15 is 8.78 Å². The van der Waals surface area contributed by atoms with Gasteiger partial charge in [0, 0.05) is 31.3 Å². The van der Waals surface area contributed by atoms with Crippen molar-refractivity contribution in [1.82, 2.24) is 23.8 Å². The molecule has 0 radical (unpaired) electrons. The highest BCUT2D eigenvalue weighted by atomic mass is 35.5. The van der Waals surface area contributed by atoms with Crippen LogP contribution in [0.4, 0.5) is 26.0 Å². The van der Waals surface area contributed by atoms with Gasteiger partial charge in [-0.25, -0.2) is 40.6 Å². The summed E-state index contributed by atoms with van der Waals surface area (Å²) in [5.74, 6) is -2.17. The number of methoxy groups -OCH3 is 1. The number of fused-ring (bicyclic) bond motifs is 2. The quantitative estimate of drug-likeness (QED) is 0.152. The molecule has 12 nitrogen and oxygen atoms in total. The molecule has 0 unspecified atom stereocenters. The minimum atomic E-state index is -4.45. The van der Waals surface area contributed by atoms with Gasteiger partial charge in [0.15, 0.2) is 11.6 Å². The molecule has 1 saturated heterocycles. The van der Waals surface area contributed by atoms with Crippen LogP contribution in [-0.2, 0) is 24.8 Å². The number of halogens is 4. The number of nitrogens with zero attached hydrogens (tertiary/aromatic N) is 5. The van der Waals surface area contributed by atoms with Crippen LogP contribution in [0.3, 0.4) is 0 Å². The molecule has 1 aliphatic rings. The fourth-order valence-electron chi connectivity index (χ4n) is 6.07. The van der Waals surface area contributed by atoms with Crippen molar-refractivity contribution in [1.29, 1.82) is 0 Å². The van der Waals surface area contributed by atoms with E-state index in [1.165, 1.54) is 35.8 Å². The SMILES string of the molecule is COC[C@H]1CCCN1S(=O)(=O)c1cn(-c2ccc3ncnc(Nc4c(F)ccc(NS(=O)(=O)c5cccc(Cl)c5Cl)c4F)c3n2)c2ccccc12. The number of para-hydroxylation sites is 1. The maximum atomic E-state index is 15.9. The number of hydrogen-bond donors (Lipinski definition) is 2. The van der Waals surface area contributed by atoms with Crippen molar-refractivity contribution < 1.29 is 30.4 Å². The third-order valence-corrected chi connectivity index (χ3v) is 12.8. The highest BCUT2D eigenvalue weighted by Gasteiger charge is 2.37. The zero-order valence-corrected chi connectivity index (χ0v) is 29.7. The van der Waals surface area contributed by atoms with Crippen LogP contribution in [0.1, 0.15) is 12.8 Å². The van der Waals surface area contributed by atoms with Gasteiger partial charge >= 0.3 is 0 Å². The number of sulfonamides is 2. The molecule has 0 spiro atoms. The van der Waals surface area contributed by atoms with Crippen LogP contribution in [0.25, 0.3) is 27.8 Å². The Morgan fingerprint density at radius 3 is 2.57 bits per heavy atom. The van der Waals surface area contributed by atoms with Crippen molar-refractivity contribution in [2.24, 2.45) is 0 Å². The second kappa shape index (κ2) is 13.6. The maximum Gasteiger partial charge on any atom is 0.263 e. The molecular formula is C33H27Cl2F2N7O5S2. The van der Waals surface area contributed by atoms with Crippen LogP contribution >= 0.6 is 23.2 Å². The summed E-state index contributed by atoms with van der Waals surface area (Å²) in [6, 6.07) is 15.6. The highest BCUT2D eigenvalue weighted by Crippen LogP contribution is 2.36. The number of ether oxygens (including phenoxy) is 1. The average molecular weight is 775 g/mol. The second-order valence-electron chi connectivity index (χ2n) is 11.6. The van der Waals surface area contributed by atoms with Gasteiger partial charge in [0.25, 0.3) is 10.0 Å². The number of pyridine rings is 1. The first-order valence-electron chi connectivity index (χ1n) is 15.4. The molecule has 3 aromatic heterocycles. The first-order valence-corrected chi connectivity index (χ1v) is 19.0. The van der Waals surface area contributed by atoms with Crippen LogP contribution < -0.4 is 10.0 Å². The van der Waals surface area contributed by atoms with Gasteiger partial charge in [-0.1, -0.05) is 47.5 Å². The number of nitrogens with one attached hydrogen (secondary N) is 2. The molecule has 51 heavy (non-hydrogen) atoms. The van der Waals surface area contributed by atoms with Crippen molar-refractivity contribution >= 4 is 82.4 Å². The van der Waals surface area contributed by atoms with E-state index < -0.39 is 48.0 Å². The molecule has 2 N–H and O–H groups in total. The Bertz CT molecular complexity index is 2560. The molecular weight excluding hydrogens is 747 g/mol. The summed E-state index contributed by atoms with van der Waals surface area (Å²) in [6.07, 6.45) is 4.05. The molecule has 6 aromatic rings. The smallest absolute Gasteiger partial charge is 0.263 e. The van der Waals surface area contributed by atoms with E-state index in [1.54, 1.807) is 41.0 Å². The molecule has 0 amide bonds. The largest absolute Gasteiger partial charge is 0.383 e. The van der Waals surface area contributed by atoms with Gasteiger partial charge in [-0.3, -0.25) is 9.29 Å². The summed E-state index contributed by atoms with van der Waals surface area (Å²) >= 11 is 12.1. The molecule has 0 bridgehead atoms. The summed E-state index contributed by atoms with van der Waals surface area (Å²) in [5, 5.41) is 2.78. The Balaban J connectivity index is 1.28. The highest BCUT2D eigenvalue weighted by molar-refractivity contribution is 7.92. The van der Waals surface area contributed by atoms with Gasteiger partial charge in [0.1, 0.15) is 39.0 Å². The topological polar surface area (TPSA) is 148 Å². The molecule has 1 aliphatic heterocycles. The Kier molecular flexibility index (Phi) is 9.32. The number of rotatable bonds is 10. The van der Waals surface area contributed by atoms with Crippen molar-refractivity contribution in [3.63, 3.8) is 0 Å². The van der Waals surface area contributed by atoms with Crippen LogP contribution in [0.2, 0.25) is 10.0 Å². The van der Waals surface area contributed by atoms with Gasteiger partial charge in [-0.2, -0.15) is 4.31 Å². The molecule has 264 valence electrons. The Labute approximate surface area is 301 Å². The molecule has 1 atom stereocenters. The van der Waals surface area contributed by atoms with Crippen molar-refractivity contribution in [3.8, 4) is 5.82 Å². The minimum absolute atomic E-state index is 0.0305. The Morgan fingerprint density at radius 2 is 1.76 bits per heavy atom. The predicted molar refractivity (Wildman–Crippen MR) is 190 cm³/mol. The Hall–Kier alpha value is -4.45. The summed E-state index contributed by atoms with van der Waals surface area (Å²) < 4.78 is 95.7. The van der Waals surface area contributed by atoms with Crippen LogP contribution in [0.15, 0.2) is 89.0 Å². The lowest BCUT2D eigenvalue weighted by atomic mass is 10.2. The van der Waals surface area contributed by atoms with Crippen LogP contribution in [0, 0.1) is 11.6 Å². The first-order chi connectivity index (χ1) is 24.4. The van der Waals surface area contributed by atoms with E-state index in [9.17, 15) is 16.8 Å². The standard InChI is InChI=1S/C33H27Cl2F2N7O5S2/c1-49-17-19-6-5-15-44(19)51(47,48)27-16-43(25-9-3-2-7-20(25)27)28-14-13-24-32(40-28)33(39-18-38-24)41-31-22(36)11-12-23(30(31)37)42-50(45,46)26-10-4-8-21(34)29(26)35/h2-4,7-14,16,18-19,42H,5-6,15,17H2,1H3,(H,38,39,41)/t19-/m1/s1. The third-order valence-electron chi connectivity index (χ3n) is 8.44. The molecule has 7 rings (SSSR count). The predicted octanol–water partition coefficient (Wildman–Crippen LogP) is 6.90. The van der Waals surface area contributed by atoms with Crippen LogP contribution in [-0.4, -0.2) is 67.0 Å². The summed E-state index contributed by atoms with van der Waals surface area (Å²) in [6.45, 7) is 0.632. The van der Waals surface area contributed by atoms with Gasteiger partial charge in [0.05, 0.1) is 33.4 Å². The molecule has 4 heterocycles. The molecule has 0 saturated carbocycles. The van der Waals surface area contributed by atoms with Crippen molar-refractivity contribution in [2.45, 2.75) is 28.7 Å². The number of aromatic nitrogens is 4. The molecule has 0 aliphatic carbocycles. The normalized spacial score (nSPS) is 15.5. The monoisotopic (exact) mass is 773 g/mol. The van der Waals surface area contributed by atoms with E-state index in [4.69, 9.17) is 32.9 Å².